The lowest BCUT2D eigenvalue weighted by Gasteiger charge is -2.28. The molecule has 1 N–H and O–H groups in total. The van der Waals surface area contributed by atoms with Gasteiger partial charge in [0.15, 0.2) is 0 Å². The Bertz CT molecular complexity index is 203. The van der Waals surface area contributed by atoms with E-state index >= 15 is 0 Å². The third-order valence-electron chi connectivity index (χ3n) is 4.16. The van der Waals surface area contributed by atoms with Crippen molar-refractivity contribution in [3.05, 3.63) is 0 Å². The van der Waals surface area contributed by atoms with Crippen LogP contribution in [0, 0.1) is 17.8 Å². The summed E-state index contributed by atoms with van der Waals surface area (Å²) in [5.41, 5.74) is 0. The molecule has 0 bridgehead atoms. The summed E-state index contributed by atoms with van der Waals surface area (Å²) >= 11 is 0. The van der Waals surface area contributed by atoms with Crippen LogP contribution in [-0.2, 0) is 0 Å². The zero-order chi connectivity index (χ0) is 13.5. The number of aliphatic hydroxyl groups excluding tert-OH is 1. The third-order valence-corrected chi connectivity index (χ3v) is 4.16. The molecule has 1 saturated carbocycles. The first kappa shape index (κ1) is 16.0. The van der Waals surface area contributed by atoms with Gasteiger partial charge in [-0.3, -0.25) is 0 Å². The highest BCUT2D eigenvalue weighted by Crippen LogP contribution is 2.26. The van der Waals surface area contributed by atoms with Crippen molar-refractivity contribution in [1.29, 1.82) is 0 Å². The number of nitrogens with zero attached hydrogens (tertiary/aromatic N) is 1. The SMILES string of the molecule is CC(C)CCN(CCC(C)C)CC1CCCC1O. The average molecular weight is 255 g/mol. The van der Waals surface area contributed by atoms with Crippen LogP contribution in [0.5, 0.6) is 0 Å². The maximum Gasteiger partial charge on any atom is 0.0580 e. The Morgan fingerprint density at radius 1 is 1.00 bits per heavy atom. The van der Waals surface area contributed by atoms with Gasteiger partial charge in [-0.2, -0.15) is 0 Å². The van der Waals surface area contributed by atoms with Gasteiger partial charge < -0.3 is 10.0 Å². The highest BCUT2D eigenvalue weighted by Gasteiger charge is 2.26. The van der Waals surface area contributed by atoms with Gasteiger partial charge >= 0.3 is 0 Å². The largest absolute Gasteiger partial charge is 0.393 e. The molecule has 0 saturated heterocycles. The monoisotopic (exact) mass is 255 g/mol. The van der Waals surface area contributed by atoms with Gasteiger partial charge in [0, 0.05) is 6.54 Å². The maximum absolute atomic E-state index is 9.97. The lowest BCUT2D eigenvalue weighted by atomic mass is 10.0. The van der Waals surface area contributed by atoms with Crippen LogP contribution in [0.15, 0.2) is 0 Å². The quantitative estimate of drug-likeness (QED) is 0.717. The van der Waals surface area contributed by atoms with E-state index in [-0.39, 0.29) is 6.10 Å². The summed E-state index contributed by atoms with van der Waals surface area (Å²) in [6.07, 6.45) is 5.98. The van der Waals surface area contributed by atoms with Gasteiger partial charge in [0.1, 0.15) is 0 Å². The first-order chi connectivity index (χ1) is 8.49. The summed E-state index contributed by atoms with van der Waals surface area (Å²) in [7, 11) is 0. The summed E-state index contributed by atoms with van der Waals surface area (Å²) in [6.45, 7) is 12.7. The van der Waals surface area contributed by atoms with Gasteiger partial charge in [0.25, 0.3) is 0 Å². The number of rotatable bonds is 8. The minimum Gasteiger partial charge on any atom is -0.393 e. The fourth-order valence-corrected chi connectivity index (χ4v) is 2.74. The zero-order valence-corrected chi connectivity index (χ0v) is 12.9. The normalized spacial score (nSPS) is 24.7. The van der Waals surface area contributed by atoms with Crippen LogP contribution >= 0.6 is 0 Å². The third kappa shape index (κ3) is 6.19. The standard InChI is InChI=1S/C16H33NO/c1-13(2)8-10-17(11-9-14(3)4)12-15-6-5-7-16(15)18/h13-16,18H,5-12H2,1-4H3. The summed E-state index contributed by atoms with van der Waals surface area (Å²) in [4.78, 5) is 2.60. The Morgan fingerprint density at radius 2 is 1.56 bits per heavy atom. The molecule has 0 aromatic carbocycles. The minimum absolute atomic E-state index is 0.0365. The molecule has 2 nitrogen and oxygen atoms in total. The van der Waals surface area contributed by atoms with E-state index in [9.17, 15) is 5.11 Å². The van der Waals surface area contributed by atoms with Crippen molar-refractivity contribution in [3.63, 3.8) is 0 Å². The number of aliphatic hydroxyl groups is 1. The van der Waals surface area contributed by atoms with E-state index in [4.69, 9.17) is 0 Å². The molecule has 0 radical (unpaired) electrons. The molecule has 0 aliphatic heterocycles. The van der Waals surface area contributed by atoms with Crippen molar-refractivity contribution in [2.24, 2.45) is 17.8 Å². The number of hydrogen-bond acceptors (Lipinski definition) is 2. The van der Waals surface area contributed by atoms with E-state index in [1.54, 1.807) is 0 Å². The summed E-state index contributed by atoms with van der Waals surface area (Å²) < 4.78 is 0. The average Bonchev–Trinajstić information content (AvgIpc) is 2.68. The molecule has 1 aliphatic rings. The highest BCUT2D eigenvalue weighted by molar-refractivity contribution is 4.79. The predicted octanol–water partition coefficient (Wildman–Crippen LogP) is 3.54. The van der Waals surface area contributed by atoms with Crippen molar-refractivity contribution in [2.45, 2.75) is 65.9 Å². The van der Waals surface area contributed by atoms with Crippen LogP contribution in [0.1, 0.15) is 59.8 Å². The van der Waals surface area contributed by atoms with Gasteiger partial charge in [0.2, 0.25) is 0 Å². The van der Waals surface area contributed by atoms with E-state index < -0.39 is 0 Å². The Balaban J connectivity index is 2.37. The number of hydrogen-bond donors (Lipinski definition) is 1. The van der Waals surface area contributed by atoms with Gasteiger partial charge in [-0.05, 0) is 56.5 Å². The molecule has 108 valence electrons. The van der Waals surface area contributed by atoms with Crippen molar-refractivity contribution in [1.82, 2.24) is 4.90 Å². The van der Waals surface area contributed by atoms with Crippen LogP contribution in [0.4, 0.5) is 0 Å². The minimum atomic E-state index is -0.0365. The van der Waals surface area contributed by atoms with Crippen LogP contribution in [0.25, 0.3) is 0 Å². The second kappa shape index (κ2) is 8.16. The molecule has 0 aromatic rings. The van der Waals surface area contributed by atoms with Crippen molar-refractivity contribution in [2.75, 3.05) is 19.6 Å². The van der Waals surface area contributed by atoms with E-state index in [1.165, 1.54) is 38.8 Å². The fraction of sp³-hybridized carbons (Fsp3) is 1.00. The molecule has 0 spiro atoms. The molecule has 18 heavy (non-hydrogen) atoms. The van der Waals surface area contributed by atoms with Gasteiger partial charge in [-0.25, -0.2) is 0 Å². The molecule has 0 amide bonds. The lowest BCUT2D eigenvalue weighted by molar-refractivity contribution is 0.0983. The molecule has 0 heterocycles. The smallest absolute Gasteiger partial charge is 0.0580 e. The predicted molar refractivity (Wildman–Crippen MR) is 78.7 cm³/mol. The summed E-state index contributed by atoms with van der Waals surface area (Å²) in [6, 6.07) is 0. The molecule has 1 aliphatic carbocycles. The molecule has 2 atom stereocenters. The second-order valence-electron chi connectivity index (χ2n) is 6.92. The molecular weight excluding hydrogens is 222 g/mol. The maximum atomic E-state index is 9.97. The molecule has 0 aromatic heterocycles. The summed E-state index contributed by atoms with van der Waals surface area (Å²) in [5, 5.41) is 9.97. The lowest BCUT2D eigenvalue weighted by Crippen LogP contribution is -2.35. The van der Waals surface area contributed by atoms with Crippen LogP contribution in [-0.4, -0.2) is 35.7 Å². The van der Waals surface area contributed by atoms with Crippen LogP contribution < -0.4 is 0 Å². The molecule has 1 fully saturated rings. The van der Waals surface area contributed by atoms with Gasteiger partial charge in [0.05, 0.1) is 6.10 Å². The fourth-order valence-electron chi connectivity index (χ4n) is 2.74. The van der Waals surface area contributed by atoms with Crippen LogP contribution in [0.2, 0.25) is 0 Å². The van der Waals surface area contributed by atoms with E-state index in [0.29, 0.717) is 5.92 Å². The van der Waals surface area contributed by atoms with Crippen molar-refractivity contribution < 1.29 is 5.11 Å². The Hall–Kier alpha value is -0.0800. The molecule has 1 rings (SSSR count). The van der Waals surface area contributed by atoms with Gasteiger partial charge in [-0.15, -0.1) is 0 Å². The van der Waals surface area contributed by atoms with Crippen molar-refractivity contribution in [3.8, 4) is 0 Å². The Morgan fingerprint density at radius 3 is 1.94 bits per heavy atom. The first-order valence-electron chi connectivity index (χ1n) is 7.89. The molecular formula is C16H33NO. The Kier molecular flexibility index (Phi) is 7.25. The molecule has 2 heteroatoms. The van der Waals surface area contributed by atoms with E-state index in [2.05, 4.69) is 32.6 Å². The van der Waals surface area contributed by atoms with E-state index in [1.807, 2.05) is 0 Å². The van der Waals surface area contributed by atoms with Crippen molar-refractivity contribution >= 4 is 0 Å². The highest BCUT2D eigenvalue weighted by atomic mass is 16.3. The summed E-state index contributed by atoms with van der Waals surface area (Å²) in [5.74, 6) is 2.09. The van der Waals surface area contributed by atoms with Crippen LogP contribution in [0.3, 0.4) is 0 Å². The molecule has 2 unspecified atom stereocenters. The first-order valence-corrected chi connectivity index (χ1v) is 7.89. The second-order valence-corrected chi connectivity index (χ2v) is 6.92. The van der Waals surface area contributed by atoms with E-state index in [0.717, 1.165) is 24.8 Å². The topological polar surface area (TPSA) is 23.5 Å². The van der Waals surface area contributed by atoms with Gasteiger partial charge in [-0.1, -0.05) is 34.1 Å². The zero-order valence-electron chi connectivity index (χ0n) is 12.9. The Labute approximate surface area is 114 Å².